The van der Waals surface area contributed by atoms with Crippen LogP contribution < -0.4 is 0 Å². The minimum absolute atomic E-state index is 0.645. The molecule has 0 saturated heterocycles. The van der Waals surface area contributed by atoms with Crippen molar-refractivity contribution in [2.24, 2.45) is 0 Å². The van der Waals surface area contributed by atoms with E-state index < -0.39 is 0 Å². The fraction of sp³-hybridized carbons (Fsp3) is 0. The summed E-state index contributed by atoms with van der Waals surface area (Å²) in [7, 11) is 0. The molecule has 2 aliphatic rings. The van der Waals surface area contributed by atoms with Crippen LogP contribution in [0.25, 0.3) is 11.1 Å². The molecular weight excluding hydrogens is 192 g/mol. The standard InChI is InChI=1S/C16H8/c1-4-12-13(5-2)15-10-8-7-9-11-16(15)14(12)6-3/h1-3,7-11H. The molecule has 0 N–H and O–H groups in total. The van der Waals surface area contributed by atoms with Crippen LogP contribution in [-0.2, 0) is 0 Å². The Morgan fingerprint density at radius 3 is 1.44 bits per heavy atom. The summed E-state index contributed by atoms with van der Waals surface area (Å²) in [6.07, 6.45) is 16.4. The van der Waals surface area contributed by atoms with Gasteiger partial charge in [0, 0.05) is 11.1 Å². The van der Waals surface area contributed by atoms with Gasteiger partial charge in [-0.3, -0.25) is 0 Å². The molecule has 0 nitrogen and oxygen atoms in total. The average Bonchev–Trinajstić information content (AvgIpc) is 2.46. The minimum Gasteiger partial charge on any atom is -0.115 e. The molecule has 0 aromatic carbocycles. The van der Waals surface area contributed by atoms with Crippen molar-refractivity contribution in [2.75, 3.05) is 0 Å². The quantitative estimate of drug-likeness (QED) is 0.574. The molecule has 0 unspecified atom stereocenters. The summed E-state index contributed by atoms with van der Waals surface area (Å²) in [6.45, 7) is 0. The molecule has 0 spiro atoms. The molecule has 2 aliphatic carbocycles. The molecule has 0 heterocycles. The lowest BCUT2D eigenvalue weighted by atomic mass is 10.1. The van der Waals surface area contributed by atoms with Gasteiger partial charge in [0.1, 0.15) is 0 Å². The highest BCUT2D eigenvalue weighted by Gasteiger charge is 2.18. The Labute approximate surface area is 95.7 Å². The number of hydrogen-bond donors (Lipinski definition) is 0. The first-order valence-electron chi connectivity index (χ1n) is 4.78. The molecule has 0 aliphatic heterocycles. The van der Waals surface area contributed by atoms with Gasteiger partial charge in [0.05, 0.1) is 5.56 Å². The molecular formula is C16H8. The first-order valence-corrected chi connectivity index (χ1v) is 4.78. The summed E-state index contributed by atoms with van der Waals surface area (Å²) in [6, 6.07) is 9.64. The molecule has 0 amide bonds. The second kappa shape index (κ2) is 3.86. The van der Waals surface area contributed by atoms with Crippen LogP contribution in [0.5, 0.6) is 0 Å². The smallest absolute Gasteiger partial charge is 0.0568 e. The molecule has 0 atom stereocenters. The van der Waals surface area contributed by atoms with Crippen molar-refractivity contribution in [3.63, 3.8) is 0 Å². The number of hydrogen-bond acceptors (Lipinski definition) is 0. The zero-order chi connectivity index (χ0) is 11.5. The van der Waals surface area contributed by atoms with Gasteiger partial charge in [0.25, 0.3) is 0 Å². The van der Waals surface area contributed by atoms with Crippen molar-refractivity contribution in [2.45, 2.75) is 0 Å². The van der Waals surface area contributed by atoms with Gasteiger partial charge in [-0.05, 0) is 11.1 Å². The van der Waals surface area contributed by atoms with Crippen molar-refractivity contribution in [1.29, 1.82) is 0 Å². The van der Waals surface area contributed by atoms with Gasteiger partial charge in [-0.25, -0.2) is 0 Å². The summed E-state index contributed by atoms with van der Waals surface area (Å²) < 4.78 is 0. The molecule has 0 aromatic heterocycles. The average molecular weight is 200 g/mol. The van der Waals surface area contributed by atoms with Crippen molar-refractivity contribution in [3.8, 4) is 48.2 Å². The molecule has 2 rings (SSSR count). The van der Waals surface area contributed by atoms with Crippen LogP contribution in [0.15, 0.2) is 30.3 Å². The molecule has 0 bridgehead atoms. The highest BCUT2D eigenvalue weighted by molar-refractivity contribution is 5.86. The van der Waals surface area contributed by atoms with Gasteiger partial charge < -0.3 is 0 Å². The van der Waals surface area contributed by atoms with E-state index in [-0.39, 0.29) is 0 Å². The van der Waals surface area contributed by atoms with Gasteiger partial charge >= 0.3 is 0 Å². The largest absolute Gasteiger partial charge is 0.115 e. The van der Waals surface area contributed by atoms with Crippen molar-refractivity contribution < 1.29 is 0 Å². The SMILES string of the molecule is C#Cc1c2cccccc-2c(C#C)c1C#C. The van der Waals surface area contributed by atoms with E-state index in [1.165, 1.54) is 0 Å². The van der Waals surface area contributed by atoms with E-state index in [0.29, 0.717) is 16.7 Å². The van der Waals surface area contributed by atoms with E-state index in [9.17, 15) is 0 Å². The third kappa shape index (κ3) is 1.25. The first-order chi connectivity index (χ1) is 7.83. The van der Waals surface area contributed by atoms with Crippen LogP contribution in [0.2, 0.25) is 0 Å². The third-order valence-electron chi connectivity index (χ3n) is 2.51. The molecule has 0 saturated carbocycles. The van der Waals surface area contributed by atoms with E-state index >= 15 is 0 Å². The van der Waals surface area contributed by atoms with Crippen LogP contribution in [-0.4, -0.2) is 0 Å². The molecule has 0 radical (unpaired) electrons. The molecule has 0 heteroatoms. The van der Waals surface area contributed by atoms with E-state index in [2.05, 4.69) is 17.8 Å². The second-order valence-electron chi connectivity index (χ2n) is 3.30. The van der Waals surface area contributed by atoms with Crippen LogP contribution in [0.4, 0.5) is 0 Å². The van der Waals surface area contributed by atoms with E-state index in [1.807, 2.05) is 30.3 Å². The first kappa shape index (κ1) is 9.92. The summed E-state index contributed by atoms with van der Waals surface area (Å²) >= 11 is 0. The highest BCUT2D eigenvalue weighted by atomic mass is 14.2. The Hall–Kier alpha value is -2.62. The van der Waals surface area contributed by atoms with Crippen molar-refractivity contribution in [1.82, 2.24) is 0 Å². The summed E-state index contributed by atoms with van der Waals surface area (Å²) in [5.74, 6) is 7.82. The number of fused-ring (bicyclic) bond motifs is 1. The Kier molecular flexibility index (Phi) is 2.39. The Morgan fingerprint density at radius 2 is 1.06 bits per heavy atom. The molecule has 0 fully saturated rings. The lowest BCUT2D eigenvalue weighted by molar-refractivity contribution is 1.71. The van der Waals surface area contributed by atoms with Gasteiger partial charge in [-0.2, -0.15) is 0 Å². The van der Waals surface area contributed by atoms with Crippen molar-refractivity contribution >= 4 is 0 Å². The fourth-order valence-corrected chi connectivity index (χ4v) is 1.82. The van der Waals surface area contributed by atoms with Crippen LogP contribution in [0, 0.1) is 37.0 Å². The summed E-state index contributed by atoms with van der Waals surface area (Å²) in [5, 5.41) is 0. The fourth-order valence-electron chi connectivity index (χ4n) is 1.82. The maximum absolute atomic E-state index is 5.49. The normalized spacial score (nSPS) is 9.06. The summed E-state index contributed by atoms with van der Waals surface area (Å²) in [4.78, 5) is 0. The van der Waals surface area contributed by atoms with Gasteiger partial charge in [0.2, 0.25) is 0 Å². The highest BCUT2D eigenvalue weighted by Crippen LogP contribution is 2.34. The monoisotopic (exact) mass is 200 g/mol. The lowest BCUT2D eigenvalue weighted by Gasteiger charge is -1.92. The summed E-state index contributed by atoms with van der Waals surface area (Å²) in [5.41, 5.74) is 3.94. The van der Waals surface area contributed by atoms with E-state index in [4.69, 9.17) is 19.3 Å². The zero-order valence-electron chi connectivity index (χ0n) is 8.62. The van der Waals surface area contributed by atoms with Crippen molar-refractivity contribution in [3.05, 3.63) is 47.0 Å². The van der Waals surface area contributed by atoms with Gasteiger partial charge in [0.15, 0.2) is 0 Å². The predicted octanol–water partition coefficient (Wildman–Crippen LogP) is 2.74. The number of terminal acetylenes is 3. The Morgan fingerprint density at radius 1 is 0.625 bits per heavy atom. The Bertz CT molecular complexity index is 591. The minimum atomic E-state index is 0.645. The maximum Gasteiger partial charge on any atom is 0.0568 e. The third-order valence-corrected chi connectivity index (χ3v) is 2.51. The molecule has 16 heavy (non-hydrogen) atoms. The second-order valence-corrected chi connectivity index (χ2v) is 3.30. The van der Waals surface area contributed by atoms with Gasteiger partial charge in [-0.15, -0.1) is 19.3 Å². The van der Waals surface area contributed by atoms with E-state index in [1.54, 1.807) is 0 Å². The maximum atomic E-state index is 5.49. The zero-order valence-corrected chi connectivity index (χ0v) is 8.62. The number of rotatable bonds is 0. The van der Waals surface area contributed by atoms with E-state index in [0.717, 1.165) is 11.1 Å². The Balaban J connectivity index is 3.00. The van der Waals surface area contributed by atoms with Crippen LogP contribution in [0.3, 0.4) is 0 Å². The van der Waals surface area contributed by atoms with Crippen LogP contribution in [0.1, 0.15) is 16.7 Å². The van der Waals surface area contributed by atoms with Gasteiger partial charge in [-0.1, -0.05) is 48.1 Å². The molecule has 0 aromatic rings. The molecule has 72 valence electrons. The predicted molar refractivity (Wildman–Crippen MR) is 66.9 cm³/mol. The van der Waals surface area contributed by atoms with Crippen LogP contribution >= 0.6 is 0 Å². The lowest BCUT2D eigenvalue weighted by Crippen LogP contribution is -1.78. The topological polar surface area (TPSA) is 0 Å².